The third-order valence-corrected chi connectivity index (χ3v) is 3.90. The number of carboxylic acid groups (broad SMARTS) is 1. The fraction of sp³-hybridized carbons (Fsp3) is 0.312. The molecule has 0 bridgehead atoms. The number of hydrogen-bond donors (Lipinski definition) is 1. The summed E-state index contributed by atoms with van der Waals surface area (Å²) in [4.78, 5) is 22.2. The molecule has 0 radical (unpaired) electrons. The van der Waals surface area contributed by atoms with E-state index in [0.717, 1.165) is 42.0 Å². The second-order valence-corrected chi connectivity index (χ2v) is 5.22. The Morgan fingerprint density at radius 3 is 2.90 bits per heavy atom. The maximum atomic E-state index is 11.4. The first-order chi connectivity index (χ1) is 10.2. The van der Waals surface area contributed by atoms with E-state index in [2.05, 4.69) is 14.9 Å². The zero-order valence-electron chi connectivity index (χ0n) is 11.9. The van der Waals surface area contributed by atoms with Crippen molar-refractivity contribution in [3.8, 4) is 0 Å². The smallest absolute Gasteiger partial charge is 0.336 e. The average molecular weight is 283 g/mol. The Kier molecular flexibility index (Phi) is 3.56. The van der Waals surface area contributed by atoms with Crippen molar-refractivity contribution in [2.45, 2.75) is 26.3 Å². The number of carbonyl (C=O) groups is 1. The Labute approximate surface area is 123 Å². The largest absolute Gasteiger partial charge is 0.478 e. The minimum absolute atomic E-state index is 0.410. The van der Waals surface area contributed by atoms with Gasteiger partial charge in [0.15, 0.2) is 0 Å². The molecule has 1 aromatic heterocycles. The third-order valence-electron chi connectivity index (χ3n) is 3.90. The van der Waals surface area contributed by atoms with Gasteiger partial charge in [0, 0.05) is 24.6 Å². The summed E-state index contributed by atoms with van der Waals surface area (Å²) in [6.45, 7) is 3.52. The van der Waals surface area contributed by atoms with Crippen molar-refractivity contribution in [1.82, 2.24) is 9.97 Å². The van der Waals surface area contributed by atoms with Gasteiger partial charge in [0.2, 0.25) is 0 Å². The Morgan fingerprint density at radius 1 is 1.33 bits per heavy atom. The van der Waals surface area contributed by atoms with Gasteiger partial charge >= 0.3 is 5.97 Å². The second kappa shape index (κ2) is 5.52. The fourth-order valence-corrected chi connectivity index (χ4v) is 2.84. The first kappa shape index (κ1) is 13.5. The van der Waals surface area contributed by atoms with Crippen LogP contribution in [0, 0.1) is 6.92 Å². The summed E-state index contributed by atoms with van der Waals surface area (Å²) in [5, 5.41) is 9.32. The molecule has 0 spiro atoms. The number of carboxylic acids is 1. The number of benzene rings is 1. The molecule has 21 heavy (non-hydrogen) atoms. The summed E-state index contributed by atoms with van der Waals surface area (Å²) in [5.41, 5.74) is 4.20. The predicted molar refractivity (Wildman–Crippen MR) is 79.5 cm³/mol. The van der Waals surface area contributed by atoms with Crippen LogP contribution in [0.2, 0.25) is 0 Å². The van der Waals surface area contributed by atoms with Crippen molar-refractivity contribution in [2.24, 2.45) is 0 Å². The molecule has 1 N–H and O–H groups in total. The molecule has 0 amide bonds. The number of fused-ring (bicyclic) bond motifs is 1. The van der Waals surface area contributed by atoms with Crippen LogP contribution in [-0.2, 0) is 13.0 Å². The number of aryl methyl sites for hydroxylation is 1. The van der Waals surface area contributed by atoms with Gasteiger partial charge in [0.25, 0.3) is 0 Å². The van der Waals surface area contributed by atoms with Gasteiger partial charge in [-0.25, -0.2) is 4.79 Å². The highest BCUT2D eigenvalue weighted by molar-refractivity contribution is 5.91. The van der Waals surface area contributed by atoms with E-state index in [1.165, 1.54) is 0 Å². The van der Waals surface area contributed by atoms with E-state index in [-0.39, 0.29) is 0 Å². The molecule has 5 nitrogen and oxygen atoms in total. The van der Waals surface area contributed by atoms with Crippen LogP contribution >= 0.6 is 0 Å². The zero-order chi connectivity index (χ0) is 14.8. The topological polar surface area (TPSA) is 66.3 Å². The monoisotopic (exact) mass is 283 g/mol. The van der Waals surface area contributed by atoms with Gasteiger partial charge in [-0.1, -0.05) is 6.07 Å². The van der Waals surface area contributed by atoms with Gasteiger partial charge in [-0.15, -0.1) is 0 Å². The molecule has 2 heterocycles. The Morgan fingerprint density at radius 2 is 2.14 bits per heavy atom. The van der Waals surface area contributed by atoms with Gasteiger partial charge in [0.1, 0.15) is 0 Å². The van der Waals surface area contributed by atoms with E-state index >= 15 is 0 Å². The average Bonchev–Trinajstić information content (AvgIpc) is 2.49. The van der Waals surface area contributed by atoms with Gasteiger partial charge in [0.05, 0.1) is 23.5 Å². The predicted octanol–water partition coefficient (Wildman–Crippen LogP) is 2.44. The van der Waals surface area contributed by atoms with E-state index in [9.17, 15) is 9.90 Å². The van der Waals surface area contributed by atoms with Gasteiger partial charge in [-0.3, -0.25) is 9.97 Å². The van der Waals surface area contributed by atoms with E-state index in [1.807, 2.05) is 19.1 Å². The minimum Gasteiger partial charge on any atom is -0.478 e. The van der Waals surface area contributed by atoms with Crippen molar-refractivity contribution < 1.29 is 9.90 Å². The molecule has 0 saturated carbocycles. The zero-order valence-corrected chi connectivity index (χ0v) is 11.9. The molecule has 0 unspecified atom stereocenters. The molecule has 2 aromatic rings. The van der Waals surface area contributed by atoms with Crippen molar-refractivity contribution in [3.63, 3.8) is 0 Å². The molecule has 108 valence electrons. The number of hydrogen-bond acceptors (Lipinski definition) is 4. The van der Waals surface area contributed by atoms with Crippen LogP contribution in [0.4, 0.5) is 5.69 Å². The summed E-state index contributed by atoms with van der Waals surface area (Å²) in [5.74, 6) is -0.857. The van der Waals surface area contributed by atoms with Crippen molar-refractivity contribution >= 4 is 11.7 Å². The highest BCUT2D eigenvalue weighted by Gasteiger charge is 2.22. The Balaban J connectivity index is 1.96. The van der Waals surface area contributed by atoms with Crippen molar-refractivity contribution in [1.29, 1.82) is 0 Å². The van der Waals surface area contributed by atoms with Gasteiger partial charge in [-0.2, -0.15) is 0 Å². The molecule has 0 saturated heterocycles. The highest BCUT2D eigenvalue weighted by atomic mass is 16.4. The van der Waals surface area contributed by atoms with E-state index in [1.54, 1.807) is 18.5 Å². The molecule has 1 aromatic carbocycles. The highest BCUT2D eigenvalue weighted by Crippen LogP contribution is 2.31. The van der Waals surface area contributed by atoms with Crippen LogP contribution < -0.4 is 4.90 Å². The summed E-state index contributed by atoms with van der Waals surface area (Å²) in [7, 11) is 0. The molecule has 1 aliphatic rings. The van der Waals surface area contributed by atoms with Crippen molar-refractivity contribution in [3.05, 3.63) is 53.1 Å². The Bertz CT molecular complexity index is 685. The maximum absolute atomic E-state index is 11.4. The first-order valence-electron chi connectivity index (χ1n) is 7.03. The summed E-state index contributed by atoms with van der Waals surface area (Å²) in [6.07, 6.45) is 5.15. The van der Waals surface area contributed by atoms with Crippen LogP contribution in [0.15, 0.2) is 30.6 Å². The lowest BCUT2D eigenvalue weighted by atomic mass is 9.96. The normalized spacial score (nSPS) is 13.9. The maximum Gasteiger partial charge on any atom is 0.336 e. The number of anilines is 1. The lowest BCUT2D eigenvalue weighted by Crippen LogP contribution is -2.30. The molecule has 1 aliphatic heterocycles. The Hall–Kier alpha value is -2.43. The summed E-state index contributed by atoms with van der Waals surface area (Å²) in [6, 6.07) is 5.48. The number of aromatic nitrogens is 2. The van der Waals surface area contributed by atoms with Crippen molar-refractivity contribution in [2.75, 3.05) is 11.4 Å². The summed E-state index contributed by atoms with van der Waals surface area (Å²) < 4.78 is 0. The molecular weight excluding hydrogens is 266 g/mol. The number of nitrogens with zero attached hydrogens (tertiary/aromatic N) is 3. The summed E-state index contributed by atoms with van der Waals surface area (Å²) >= 11 is 0. The molecule has 0 fully saturated rings. The van der Waals surface area contributed by atoms with Crippen LogP contribution in [-0.4, -0.2) is 27.6 Å². The van der Waals surface area contributed by atoms with E-state index in [0.29, 0.717) is 12.1 Å². The third kappa shape index (κ3) is 2.59. The van der Waals surface area contributed by atoms with Crippen LogP contribution in [0.1, 0.15) is 33.7 Å². The standard InChI is InChI=1S/C16H17N3O2/c1-11-14(18-8-7-17-11)10-19-9-3-5-12-13(16(20)21)4-2-6-15(12)19/h2,4,6-8H,3,5,9-10H2,1H3,(H,20,21). The number of aromatic carboxylic acids is 1. The second-order valence-electron chi connectivity index (χ2n) is 5.22. The van der Waals surface area contributed by atoms with Gasteiger partial charge in [-0.05, 0) is 37.5 Å². The molecular formula is C16H17N3O2. The van der Waals surface area contributed by atoms with Crippen LogP contribution in [0.5, 0.6) is 0 Å². The van der Waals surface area contributed by atoms with Crippen LogP contribution in [0.3, 0.4) is 0 Å². The van der Waals surface area contributed by atoms with Crippen LogP contribution in [0.25, 0.3) is 0 Å². The molecule has 0 atom stereocenters. The quantitative estimate of drug-likeness (QED) is 0.937. The molecule has 0 aliphatic carbocycles. The van der Waals surface area contributed by atoms with E-state index < -0.39 is 5.97 Å². The minimum atomic E-state index is -0.857. The number of rotatable bonds is 3. The first-order valence-corrected chi connectivity index (χ1v) is 7.03. The SMILES string of the molecule is Cc1nccnc1CN1CCCc2c(C(=O)O)cccc21. The fourth-order valence-electron chi connectivity index (χ4n) is 2.84. The lowest BCUT2D eigenvalue weighted by Gasteiger charge is -2.32. The molecule has 3 rings (SSSR count). The van der Waals surface area contributed by atoms with Gasteiger partial charge < -0.3 is 10.0 Å². The van der Waals surface area contributed by atoms with E-state index in [4.69, 9.17) is 0 Å². The molecule has 5 heteroatoms. The lowest BCUT2D eigenvalue weighted by molar-refractivity contribution is 0.0695.